The summed E-state index contributed by atoms with van der Waals surface area (Å²) < 4.78 is 5.76. The van der Waals surface area contributed by atoms with E-state index in [1.54, 1.807) is 0 Å². The van der Waals surface area contributed by atoms with Crippen LogP contribution < -0.4 is 16.0 Å². The zero-order chi connectivity index (χ0) is 16.5. The minimum atomic E-state index is -0.137. The molecule has 24 heavy (non-hydrogen) atoms. The van der Waals surface area contributed by atoms with Gasteiger partial charge in [0.1, 0.15) is 0 Å². The lowest BCUT2D eigenvalue weighted by Gasteiger charge is -2.21. The molecule has 1 unspecified atom stereocenters. The monoisotopic (exact) mass is 452 g/mol. The molecule has 7 heteroatoms. The fourth-order valence-electron chi connectivity index (χ4n) is 3.21. The number of carbonyl (C=O) groups excluding carboxylic acids is 1. The molecule has 1 aliphatic carbocycles. The number of rotatable bonds is 7. The van der Waals surface area contributed by atoms with Gasteiger partial charge in [0.15, 0.2) is 5.96 Å². The van der Waals surface area contributed by atoms with E-state index < -0.39 is 0 Å². The van der Waals surface area contributed by atoms with Crippen LogP contribution in [-0.4, -0.2) is 49.8 Å². The lowest BCUT2D eigenvalue weighted by molar-refractivity contribution is -0.121. The number of halogens is 1. The highest BCUT2D eigenvalue weighted by Gasteiger charge is 2.29. The normalized spacial score (nSPS) is 24.5. The van der Waals surface area contributed by atoms with Crippen molar-refractivity contribution in [2.24, 2.45) is 4.99 Å². The number of aliphatic imine (C=N–C) groups is 1. The largest absolute Gasteiger partial charge is 0.373 e. The number of ether oxygens (including phenoxy) is 1. The second-order valence-corrected chi connectivity index (χ2v) is 6.82. The molecule has 2 rings (SSSR count). The number of carbonyl (C=O) groups is 1. The van der Waals surface area contributed by atoms with Crippen molar-refractivity contribution >= 4 is 35.8 Å². The Kier molecular flexibility index (Phi) is 9.95. The zero-order valence-electron chi connectivity index (χ0n) is 15.0. The fraction of sp³-hybridized carbons (Fsp3) is 0.882. The van der Waals surface area contributed by atoms with Gasteiger partial charge in [-0.2, -0.15) is 0 Å². The second kappa shape index (κ2) is 11.1. The van der Waals surface area contributed by atoms with Crippen LogP contribution in [0.2, 0.25) is 0 Å². The van der Waals surface area contributed by atoms with Gasteiger partial charge in [0.25, 0.3) is 0 Å². The van der Waals surface area contributed by atoms with Crippen molar-refractivity contribution in [1.82, 2.24) is 16.0 Å². The Morgan fingerprint density at radius 1 is 1.25 bits per heavy atom. The molecule has 2 aliphatic rings. The van der Waals surface area contributed by atoms with E-state index in [9.17, 15) is 4.79 Å². The van der Waals surface area contributed by atoms with Crippen molar-refractivity contribution in [3.63, 3.8) is 0 Å². The summed E-state index contributed by atoms with van der Waals surface area (Å²) in [7, 11) is 0. The van der Waals surface area contributed by atoms with Crippen LogP contribution in [-0.2, 0) is 9.53 Å². The van der Waals surface area contributed by atoms with Crippen molar-refractivity contribution in [3.8, 4) is 0 Å². The summed E-state index contributed by atoms with van der Waals surface area (Å²) in [6.45, 7) is 7.04. The van der Waals surface area contributed by atoms with Crippen LogP contribution in [0.15, 0.2) is 4.99 Å². The predicted octanol–water partition coefficient (Wildman–Crippen LogP) is 2.18. The van der Waals surface area contributed by atoms with Crippen LogP contribution in [0.5, 0.6) is 0 Å². The van der Waals surface area contributed by atoms with Crippen LogP contribution in [0.1, 0.15) is 58.8 Å². The van der Waals surface area contributed by atoms with E-state index in [0.29, 0.717) is 25.6 Å². The Balaban J connectivity index is 0.00000288. The first-order valence-electron chi connectivity index (χ1n) is 9.07. The Morgan fingerprint density at radius 2 is 2.00 bits per heavy atom. The minimum Gasteiger partial charge on any atom is -0.373 e. The van der Waals surface area contributed by atoms with Gasteiger partial charge in [-0.3, -0.25) is 9.79 Å². The molecular formula is C17H33IN4O2. The highest BCUT2D eigenvalue weighted by Crippen LogP contribution is 2.24. The molecule has 1 amide bonds. The van der Waals surface area contributed by atoms with Crippen LogP contribution >= 0.6 is 24.0 Å². The summed E-state index contributed by atoms with van der Waals surface area (Å²) >= 11 is 0. The third-order valence-corrected chi connectivity index (χ3v) is 4.58. The summed E-state index contributed by atoms with van der Waals surface area (Å²) in [6.07, 6.45) is 7.37. The van der Waals surface area contributed by atoms with E-state index in [-0.39, 0.29) is 35.5 Å². The number of amides is 1. The first kappa shape index (κ1) is 21.5. The Bertz CT molecular complexity index is 405. The van der Waals surface area contributed by atoms with Crippen molar-refractivity contribution < 1.29 is 9.53 Å². The maximum absolute atomic E-state index is 11.9. The third-order valence-electron chi connectivity index (χ3n) is 4.58. The van der Waals surface area contributed by atoms with Crippen LogP contribution in [0.3, 0.4) is 0 Å². The molecule has 1 aliphatic heterocycles. The number of guanidine groups is 1. The van der Waals surface area contributed by atoms with Crippen molar-refractivity contribution in [3.05, 3.63) is 0 Å². The van der Waals surface area contributed by atoms with Gasteiger partial charge in [0, 0.05) is 32.2 Å². The molecule has 0 spiro atoms. The molecule has 6 nitrogen and oxygen atoms in total. The fourth-order valence-corrected chi connectivity index (χ4v) is 3.21. The van der Waals surface area contributed by atoms with Gasteiger partial charge in [0.2, 0.25) is 5.91 Å². The summed E-state index contributed by atoms with van der Waals surface area (Å²) in [5, 5.41) is 9.57. The molecule has 140 valence electrons. The lowest BCUT2D eigenvalue weighted by Crippen LogP contribution is -2.41. The van der Waals surface area contributed by atoms with Gasteiger partial charge in [-0.15, -0.1) is 24.0 Å². The molecule has 0 radical (unpaired) electrons. The summed E-state index contributed by atoms with van der Waals surface area (Å²) in [6, 6.07) is 0.392. The van der Waals surface area contributed by atoms with E-state index in [1.165, 1.54) is 12.8 Å². The molecule has 0 aromatic rings. The van der Waals surface area contributed by atoms with Crippen LogP contribution in [0.4, 0.5) is 0 Å². The van der Waals surface area contributed by atoms with Gasteiger partial charge in [0.05, 0.1) is 12.1 Å². The van der Waals surface area contributed by atoms with Gasteiger partial charge in [-0.05, 0) is 39.5 Å². The second-order valence-electron chi connectivity index (χ2n) is 6.82. The van der Waals surface area contributed by atoms with Gasteiger partial charge < -0.3 is 20.7 Å². The predicted molar refractivity (Wildman–Crippen MR) is 108 cm³/mol. The zero-order valence-corrected chi connectivity index (χ0v) is 17.4. The van der Waals surface area contributed by atoms with E-state index in [0.717, 1.165) is 44.8 Å². The maximum atomic E-state index is 11.9. The Labute approximate surface area is 163 Å². The molecule has 1 atom stereocenters. The topological polar surface area (TPSA) is 74.8 Å². The maximum Gasteiger partial charge on any atom is 0.221 e. The molecule has 1 heterocycles. The molecule has 1 saturated heterocycles. The van der Waals surface area contributed by atoms with E-state index in [1.807, 2.05) is 6.92 Å². The minimum absolute atomic E-state index is 0. The van der Waals surface area contributed by atoms with Crippen molar-refractivity contribution in [2.75, 3.05) is 26.2 Å². The first-order valence-corrected chi connectivity index (χ1v) is 9.07. The number of nitrogens with zero attached hydrogens (tertiary/aromatic N) is 1. The molecule has 0 bridgehead atoms. The quantitative estimate of drug-likeness (QED) is 0.315. The average Bonchev–Trinajstić information content (AvgIpc) is 3.17. The average molecular weight is 452 g/mol. The van der Waals surface area contributed by atoms with Crippen LogP contribution in [0.25, 0.3) is 0 Å². The standard InChI is InChI=1S/C17H32N4O2.HI/c1-3-18-16(20-13-17(2)10-6-12-23-17)19-11-9-15(22)21-14-7-4-5-8-14;/h14H,3-13H2,1-2H3,(H,21,22)(H2,18,19,20);1H. The molecule has 1 saturated carbocycles. The van der Waals surface area contributed by atoms with Gasteiger partial charge in [-0.25, -0.2) is 0 Å². The number of hydrogen-bond acceptors (Lipinski definition) is 3. The van der Waals surface area contributed by atoms with Gasteiger partial charge >= 0.3 is 0 Å². The smallest absolute Gasteiger partial charge is 0.221 e. The third kappa shape index (κ3) is 7.55. The van der Waals surface area contributed by atoms with E-state index in [2.05, 4.69) is 27.9 Å². The van der Waals surface area contributed by atoms with Crippen LogP contribution in [0, 0.1) is 0 Å². The lowest BCUT2D eigenvalue weighted by atomic mass is 10.0. The van der Waals surface area contributed by atoms with Crippen molar-refractivity contribution in [2.45, 2.75) is 70.4 Å². The summed E-state index contributed by atoms with van der Waals surface area (Å²) in [4.78, 5) is 16.5. The first-order chi connectivity index (χ1) is 11.1. The SMILES string of the molecule is CCNC(=NCC1(C)CCCO1)NCCC(=O)NC1CCCC1.I. The van der Waals surface area contributed by atoms with Crippen molar-refractivity contribution in [1.29, 1.82) is 0 Å². The Hall–Kier alpha value is -0.570. The molecular weight excluding hydrogens is 419 g/mol. The molecule has 3 N–H and O–H groups in total. The summed E-state index contributed by atoms with van der Waals surface area (Å²) in [5.74, 6) is 0.893. The Morgan fingerprint density at radius 3 is 2.62 bits per heavy atom. The molecule has 0 aromatic heterocycles. The molecule has 0 aromatic carbocycles. The summed E-state index contributed by atoms with van der Waals surface area (Å²) in [5.41, 5.74) is -0.137. The highest BCUT2D eigenvalue weighted by molar-refractivity contribution is 14.0. The van der Waals surface area contributed by atoms with E-state index in [4.69, 9.17) is 4.74 Å². The number of hydrogen-bond donors (Lipinski definition) is 3. The van der Waals surface area contributed by atoms with E-state index >= 15 is 0 Å². The molecule has 2 fully saturated rings. The van der Waals surface area contributed by atoms with Gasteiger partial charge in [-0.1, -0.05) is 12.8 Å². The highest BCUT2D eigenvalue weighted by atomic mass is 127. The number of nitrogens with one attached hydrogen (secondary N) is 3.